The summed E-state index contributed by atoms with van der Waals surface area (Å²) in [6.07, 6.45) is 4.13. The second-order valence-corrected chi connectivity index (χ2v) is 8.33. The normalized spacial score (nSPS) is 14.7. The SMILES string of the molecule is C=CCc1cc(/C=C2\SC(=S)N(c3ccc([N+](=O)[O-])cc3)C2=O)cc(OCC)c1OCC. The molecule has 0 aromatic heterocycles. The highest BCUT2D eigenvalue weighted by Crippen LogP contribution is 2.39. The topological polar surface area (TPSA) is 81.9 Å². The van der Waals surface area contributed by atoms with Gasteiger partial charge in [-0.15, -0.1) is 6.58 Å². The van der Waals surface area contributed by atoms with Gasteiger partial charge in [-0.05, 0) is 56.2 Å². The Bertz CT molecular complexity index is 1100. The van der Waals surface area contributed by atoms with Gasteiger partial charge in [0.2, 0.25) is 0 Å². The van der Waals surface area contributed by atoms with Gasteiger partial charge in [0.25, 0.3) is 11.6 Å². The molecule has 1 heterocycles. The first kappa shape index (κ1) is 23.5. The number of amides is 1. The van der Waals surface area contributed by atoms with E-state index in [2.05, 4.69) is 6.58 Å². The Morgan fingerprint density at radius 2 is 1.88 bits per heavy atom. The number of hydrogen-bond donors (Lipinski definition) is 0. The zero-order valence-corrected chi connectivity index (χ0v) is 19.3. The fourth-order valence-electron chi connectivity index (χ4n) is 3.21. The van der Waals surface area contributed by atoms with Crippen LogP contribution in [-0.2, 0) is 11.2 Å². The van der Waals surface area contributed by atoms with E-state index in [1.54, 1.807) is 12.2 Å². The van der Waals surface area contributed by atoms with Crippen molar-refractivity contribution < 1.29 is 19.2 Å². The number of hydrogen-bond acceptors (Lipinski definition) is 7. The summed E-state index contributed by atoms with van der Waals surface area (Å²) < 4.78 is 11.9. The van der Waals surface area contributed by atoms with Crippen LogP contribution in [0, 0.1) is 10.1 Å². The number of nitrogens with zero attached hydrogens (tertiary/aromatic N) is 2. The molecule has 1 fully saturated rings. The molecule has 0 spiro atoms. The number of rotatable bonds is 9. The first-order valence-electron chi connectivity index (χ1n) is 9.95. The average Bonchev–Trinajstić information content (AvgIpc) is 3.03. The van der Waals surface area contributed by atoms with Crippen LogP contribution >= 0.6 is 24.0 Å². The minimum atomic E-state index is -0.489. The summed E-state index contributed by atoms with van der Waals surface area (Å²) in [5, 5.41) is 10.9. The zero-order valence-electron chi connectivity index (χ0n) is 17.7. The van der Waals surface area contributed by atoms with Crippen LogP contribution in [0.5, 0.6) is 11.5 Å². The smallest absolute Gasteiger partial charge is 0.270 e. The van der Waals surface area contributed by atoms with Crippen LogP contribution in [0.1, 0.15) is 25.0 Å². The second kappa shape index (κ2) is 10.4. The van der Waals surface area contributed by atoms with Gasteiger partial charge in [0.05, 0.1) is 28.7 Å². The number of ether oxygens (including phenoxy) is 2. The van der Waals surface area contributed by atoms with Crippen LogP contribution in [0.4, 0.5) is 11.4 Å². The molecule has 0 aliphatic carbocycles. The van der Waals surface area contributed by atoms with Crippen molar-refractivity contribution in [3.8, 4) is 11.5 Å². The number of benzene rings is 2. The van der Waals surface area contributed by atoms with Gasteiger partial charge < -0.3 is 9.47 Å². The third-order valence-electron chi connectivity index (χ3n) is 4.52. The van der Waals surface area contributed by atoms with E-state index in [0.717, 1.165) is 11.1 Å². The van der Waals surface area contributed by atoms with E-state index in [0.29, 0.717) is 46.0 Å². The average molecular weight is 471 g/mol. The Balaban J connectivity index is 1.97. The predicted octanol–water partition coefficient (Wildman–Crippen LogP) is 5.53. The lowest BCUT2D eigenvalue weighted by atomic mass is 10.0. The molecule has 1 amide bonds. The Kier molecular flexibility index (Phi) is 7.66. The third-order valence-corrected chi connectivity index (χ3v) is 5.82. The van der Waals surface area contributed by atoms with Crippen molar-refractivity contribution in [2.24, 2.45) is 0 Å². The van der Waals surface area contributed by atoms with Crippen molar-refractivity contribution >= 4 is 51.7 Å². The zero-order chi connectivity index (χ0) is 23.3. The number of carbonyl (C=O) groups excluding carboxylic acids is 1. The molecule has 2 aromatic carbocycles. The second-order valence-electron chi connectivity index (χ2n) is 6.66. The molecule has 7 nitrogen and oxygen atoms in total. The Morgan fingerprint density at radius 1 is 1.19 bits per heavy atom. The molecule has 0 unspecified atom stereocenters. The molecule has 1 saturated heterocycles. The van der Waals surface area contributed by atoms with Gasteiger partial charge in [-0.3, -0.25) is 19.8 Å². The van der Waals surface area contributed by atoms with Crippen molar-refractivity contribution in [2.75, 3.05) is 18.1 Å². The van der Waals surface area contributed by atoms with E-state index in [9.17, 15) is 14.9 Å². The van der Waals surface area contributed by atoms with Crippen LogP contribution in [0.3, 0.4) is 0 Å². The van der Waals surface area contributed by atoms with Crippen LogP contribution in [0.2, 0.25) is 0 Å². The molecular weight excluding hydrogens is 448 g/mol. The summed E-state index contributed by atoms with van der Waals surface area (Å²) in [5.41, 5.74) is 2.11. The summed E-state index contributed by atoms with van der Waals surface area (Å²) in [6, 6.07) is 9.49. The lowest BCUT2D eigenvalue weighted by Gasteiger charge is -2.16. The van der Waals surface area contributed by atoms with Gasteiger partial charge in [0.1, 0.15) is 0 Å². The molecule has 32 heavy (non-hydrogen) atoms. The van der Waals surface area contributed by atoms with E-state index < -0.39 is 4.92 Å². The molecule has 1 aliphatic rings. The molecule has 0 N–H and O–H groups in total. The van der Waals surface area contributed by atoms with Crippen molar-refractivity contribution in [2.45, 2.75) is 20.3 Å². The van der Waals surface area contributed by atoms with E-state index in [4.69, 9.17) is 21.7 Å². The van der Waals surface area contributed by atoms with Crippen LogP contribution in [0.15, 0.2) is 54.0 Å². The van der Waals surface area contributed by atoms with Crippen molar-refractivity contribution in [1.82, 2.24) is 0 Å². The van der Waals surface area contributed by atoms with E-state index in [1.807, 2.05) is 26.0 Å². The summed E-state index contributed by atoms with van der Waals surface area (Å²) >= 11 is 6.58. The van der Waals surface area contributed by atoms with Crippen LogP contribution in [-0.4, -0.2) is 28.4 Å². The van der Waals surface area contributed by atoms with Gasteiger partial charge in [-0.25, -0.2) is 0 Å². The van der Waals surface area contributed by atoms with Crippen LogP contribution in [0.25, 0.3) is 6.08 Å². The number of non-ortho nitro benzene ring substituents is 1. The van der Waals surface area contributed by atoms with Gasteiger partial charge in [0.15, 0.2) is 15.8 Å². The predicted molar refractivity (Wildman–Crippen MR) is 131 cm³/mol. The van der Waals surface area contributed by atoms with Gasteiger partial charge >= 0.3 is 0 Å². The number of thioether (sulfide) groups is 1. The van der Waals surface area contributed by atoms with Crippen molar-refractivity contribution in [3.05, 3.63) is 75.2 Å². The third kappa shape index (κ3) is 5.00. The van der Waals surface area contributed by atoms with Crippen molar-refractivity contribution in [3.63, 3.8) is 0 Å². The summed E-state index contributed by atoms with van der Waals surface area (Å²) in [7, 11) is 0. The summed E-state index contributed by atoms with van der Waals surface area (Å²) in [4.78, 5) is 25.3. The fraction of sp³-hybridized carbons (Fsp3) is 0.217. The highest BCUT2D eigenvalue weighted by Gasteiger charge is 2.33. The lowest BCUT2D eigenvalue weighted by molar-refractivity contribution is -0.384. The summed E-state index contributed by atoms with van der Waals surface area (Å²) in [6.45, 7) is 8.58. The Labute approximate surface area is 195 Å². The number of nitro groups is 1. The molecule has 1 aliphatic heterocycles. The highest BCUT2D eigenvalue weighted by atomic mass is 32.2. The molecule has 0 atom stereocenters. The number of carbonyl (C=O) groups is 1. The maximum atomic E-state index is 13.1. The number of allylic oxidation sites excluding steroid dienone is 1. The molecule has 3 rings (SSSR count). The van der Waals surface area contributed by atoms with E-state index >= 15 is 0 Å². The summed E-state index contributed by atoms with van der Waals surface area (Å²) in [5.74, 6) is 0.988. The first-order valence-corrected chi connectivity index (χ1v) is 11.2. The van der Waals surface area contributed by atoms with E-state index in [-0.39, 0.29) is 11.6 Å². The minimum Gasteiger partial charge on any atom is -0.490 e. The van der Waals surface area contributed by atoms with Gasteiger partial charge in [-0.2, -0.15) is 0 Å². The largest absolute Gasteiger partial charge is 0.490 e. The fourth-order valence-corrected chi connectivity index (χ4v) is 4.51. The monoisotopic (exact) mass is 470 g/mol. The number of thiocarbonyl (C=S) groups is 1. The lowest BCUT2D eigenvalue weighted by Crippen LogP contribution is -2.27. The number of anilines is 1. The Morgan fingerprint density at radius 3 is 2.47 bits per heavy atom. The quantitative estimate of drug-likeness (QED) is 0.157. The molecule has 9 heteroatoms. The molecular formula is C23H22N2O5S2. The maximum Gasteiger partial charge on any atom is 0.270 e. The van der Waals surface area contributed by atoms with Crippen molar-refractivity contribution in [1.29, 1.82) is 0 Å². The van der Waals surface area contributed by atoms with Crippen LogP contribution < -0.4 is 14.4 Å². The minimum absolute atomic E-state index is 0.0534. The Hall–Kier alpha value is -3.17. The maximum absolute atomic E-state index is 13.1. The molecule has 2 aromatic rings. The molecule has 166 valence electrons. The highest BCUT2D eigenvalue weighted by molar-refractivity contribution is 8.27. The number of nitro benzene ring substituents is 1. The van der Waals surface area contributed by atoms with E-state index in [1.165, 1.54) is 40.9 Å². The van der Waals surface area contributed by atoms with Gasteiger partial charge in [-0.1, -0.05) is 30.1 Å². The standard InChI is InChI=1S/C23H22N2O5S2/c1-4-7-16-12-15(13-19(29-5-2)21(16)30-6-3)14-20-22(26)24(23(31)32-20)17-8-10-18(11-9-17)25(27)28/h4,8-14H,1,5-7H2,2-3H3/b20-14-. The molecule has 0 bridgehead atoms. The van der Waals surface area contributed by atoms with Gasteiger partial charge in [0, 0.05) is 17.7 Å². The molecule has 0 saturated carbocycles. The molecule has 0 radical (unpaired) electrons. The first-order chi connectivity index (χ1) is 15.4.